The van der Waals surface area contributed by atoms with Gasteiger partial charge in [-0.25, -0.2) is 9.18 Å². The Hall–Kier alpha value is -2.50. The molecule has 7 nitrogen and oxygen atoms in total. The maximum atomic E-state index is 16.1. The van der Waals surface area contributed by atoms with Gasteiger partial charge in [-0.05, 0) is 56.2 Å². The van der Waals surface area contributed by atoms with Gasteiger partial charge in [0.1, 0.15) is 5.82 Å². The molecule has 1 aliphatic heterocycles. The summed E-state index contributed by atoms with van der Waals surface area (Å²) in [5.74, 6) is -1.03. The number of hydrogen-bond donors (Lipinski definition) is 0. The smallest absolute Gasteiger partial charge is 0.402 e. The quantitative estimate of drug-likeness (QED) is 0.212. The fourth-order valence-corrected chi connectivity index (χ4v) is 8.74. The van der Waals surface area contributed by atoms with Crippen molar-refractivity contribution in [1.29, 1.82) is 0 Å². The number of fused-ring (bicyclic) bond motifs is 1. The van der Waals surface area contributed by atoms with E-state index in [-0.39, 0.29) is 30.9 Å². The van der Waals surface area contributed by atoms with Crippen LogP contribution in [0, 0.1) is 5.82 Å². The largest absolute Gasteiger partial charge is 0.450 e. The molecule has 1 aromatic heterocycles. The summed E-state index contributed by atoms with van der Waals surface area (Å²) in [6.45, 7) is 8.29. The zero-order valence-electron chi connectivity index (χ0n) is 23.7. The van der Waals surface area contributed by atoms with Crippen LogP contribution >= 0.6 is 39.1 Å². The Bertz CT molecular complexity index is 1520. The van der Waals surface area contributed by atoms with Crippen molar-refractivity contribution in [2.45, 2.75) is 57.2 Å². The van der Waals surface area contributed by atoms with Crippen LogP contribution in [0.15, 0.2) is 59.2 Å². The van der Waals surface area contributed by atoms with Gasteiger partial charge in [-0.1, -0.05) is 70.9 Å². The van der Waals surface area contributed by atoms with Gasteiger partial charge < -0.3 is 14.0 Å². The van der Waals surface area contributed by atoms with Crippen LogP contribution in [0.2, 0.25) is 29.7 Å². The average molecular weight is 695 g/mol. The molecule has 5 rings (SSSR count). The second-order valence-electron chi connectivity index (χ2n) is 11.5. The Kier molecular flexibility index (Phi) is 8.50. The SMILES string of the molecule is CCOC(=O)N(C1(COC2(c3ccc(Cl)cc3)c3c(F)cc(Br)cc3C(=O)N2Cc2ccc(Cl)cn2)CC1)[Si](C)(C)C. The number of hydrogen-bond acceptors (Lipinski definition) is 5. The number of amides is 2. The second kappa shape index (κ2) is 11.5. The molecule has 42 heavy (non-hydrogen) atoms. The molecule has 1 unspecified atom stereocenters. The van der Waals surface area contributed by atoms with Gasteiger partial charge in [0.25, 0.3) is 5.91 Å². The molecule has 0 N–H and O–H groups in total. The first kappa shape index (κ1) is 30.9. The lowest BCUT2D eigenvalue weighted by molar-refractivity contribution is -0.126. The second-order valence-corrected chi connectivity index (χ2v) is 18.1. The van der Waals surface area contributed by atoms with Crippen LogP contribution < -0.4 is 0 Å². The van der Waals surface area contributed by atoms with Crippen LogP contribution in [-0.4, -0.2) is 53.4 Å². The molecular weight excluding hydrogens is 664 g/mol. The van der Waals surface area contributed by atoms with Gasteiger partial charge in [0, 0.05) is 21.3 Å². The summed E-state index contributed by atoms with van der Waals surface area (Å²) < 4.78 is 30.8. The number of halogens is 4. The third kappa shape index (κ3) is 5.59. The first-order chi connectivity index (χ1) is 19.8. The van der Waals surface area contributed by atoms with E-state index in [2.05, 4.69) is 40.6 Å². The summed E-state index contributed by atoms with van der Waals surface area (Å²) in [6, 6.07) is 13.1. The first-order valence-electron chi connectivity index (χ1n) is 13.6. The standard InChI is InChI=1S/C30H31BrCl2FN3O4Si/c1-5-40-28(39)37(42(2,3)4)29(12-13-29)18-41-30(19-6-8-21(32)9-7-19)26-24(14-20(31)15-25(26)34)27(38)36(30)17-23-11-10-22(33)16-35-23/h6-11,14-16H,5,12-13,17-18H2,1-4H3. The number of carbonyl (C=O) groups excluding carboxylic acids is 2. The number of pyridine rings is 1. The lowest BCUT2D eigenvalue weighted by atomic mass is 9.92. The fraction of sp³-hybridized carbons (Fsp3) is 0.367. The summed E-state index contributed by atoms with van der Waals surface area (Å²) >= 11 is 15.7. The Balaban J connectivity index is 1.68. The van der Waals surface area contributed by atoms with Crippen molar-refractivity contribution < 1.29 is 23.5 Å². The third-order valence-corrected chi connectivity index (χ3v) is 10.5. The zero-order valence-corrected chi connectivity index (χ0v) is 27.8. The predicted molar refractivity (Wildman–Crippen MR) is 166 cm³/mol. The van der Waals surface area contributed by atoms with Crippen molar-refractivity contribution in [3.63, 3.8) is 0 Å². The van der Waals surface area contributed by atoms with Gasteiger partial charge in [0.05, 0.1) is 47.1 Å². The van der Waals surface area contributed by atoms with Crippen LogP contribution in [0.4, 0.5) is 9.18 Å². The minimum Gasteiger partial charge on any atom is -0.450 e. The van der Waals surface area contributed by atoms with Crippen molar-refractivity contribution in [3.05, 3.63) is 97.4 Å². The summed E-state index contributed by atoms with van der Waals surface area (Å²) in [6.07, 6.45) is 2.49. The molecule has 1 fully saturated rings. The van der Waals surface area contributed by atoms with Gasteiger partial charge in [0.2, 0.25) is 0 Å². The number of carbonyl (C=O) groups is 2. The van der Waals surface area contributed by atoms with Gasteiger partial charge >= 0.3 is 6.09 Å². The van der Waals surface area contributed by atoms with Crippen molar-refractivity contribution in [2.24, 2.45) is 0 Å². The first-order valence-corrected chi connectivity index (χ1v) is 18.6. The molecule has 0 radical (unpaired) electrons. The van der Waals surface area contributed by atoms with E-state index in [0.29, 0.717) is 38.6 Å². The number of benzene rings is 2. The maximum Gasteiger partial charge on any atom is 0.402 e. The molecule has 1 atom stereocenters. The van der Waals surface area contributed by atoms with E-state index >= 15 is 4.39 Å². The molecule has 0 spiro atoms. The van der Waals surface area contributed by atoms with Gasteiger partial charge in [-0.2, -0.15) is 0 Å². The predicted octanol–water partition coefficient (Wildman–Crippen LogP) is 7.99. The topological polar surface area (TPSA) is 72.0 Å². The molecule has 1 aliphatic carbocycles. The maximum absolute atomic E-state index is 16.1. The summed E-state index contributed by atoms with van der Waals surface area (Å²) in [5, 5.41) is 0.928. The Morgan fingerprint density at radius 2 is 1.79 bits per heavy atom. The third-order valence-electron chi connectivity index (χ3n) is 7.57. The van der Waals surface area contributed by atoms with Gasteiger partial charge in [-0.15, -0.1) is 0 Å². The van der Waals surface area contributed by atoms with Crippen molar-refractivity contribution in [1.82, 2.24) is 14.4 Å². The molecule has 12 heteroatoms. The van der Waals surface area contributed by atoms with E-state index in [9.17, 15) is 9.59 Å². The van der Waals surface area contributed by atoms with Crippen LogP contribution in [0.3, 0.4) is 0 Å². The molecule has 2 heterocycles. The van der Waals surface area contributed by atoms with E-state index in [1.807, 2.05) is 4.57 Å². The monoisotopic (exact) mass is 693 g/mol. The van der Waals surface area contributed by atoms with Gasteiger partial charge in [-0.3, -0.25) is 14.7 Å². The molecule has 0 bridgehead atoms. The fourth-order valence-electron chi connectivity index (χ4n) is 5.75. The molecule has 222 valence electrons. The Morgan fingerprint density at radius 1 is 1.12 bits per heavy atom. The molecule has 0 saturated heterocycles. The normalized spacial score (nSPS) is 19.0. The molecule has 2 aliphatic rings. The number of ether oxygens (including phenoxy) is 2. The highest BCUT2D eigenvalue weighted by atomic mass is 79.9. The highest BCUT2D eigenvalue weighted by molar-refractivity contribution is 9.10. The molecule has 3 aromatic rings. The van der Waals surface area contributed by atoms with E-state index in [1.165, 1.54) is 17.2 Å². The van der Waals surface area contributed by atoms with Crippen LogP contribution in [0.25, 0.3) is 0 Å². The minimum atomic E-state index is -2.26. The average Bonchev–Trinajstić information content (AvgIpc) is 3.64. The Labute approximate surface area is 264 Å². The van der Waals surface area contributed by atoms with Crippen LogP contribution in [-0.2, 0) is 21.7 Å². The van der Waals surface area contributed by atoms with Crippen molar-refractivity contribution >= 4 is 59.4 Å². The number of rotatable bonds is 9. The van der Waals surface area contributed by atoms with E-state index < -0.39 is 37.3 Å². The highest BCUT2D eigenvalue weighted by Gasteiger charge is 2.60. The van der Waals surface area contributed by atoms with Gasteiger partial charge in [0.15, 0.2) is 14.0 Å². The van der Waals surface area contributed by atoms with Crippen LogP contribution in [0.5, 0.6) is 0 Å². The van der Waals surface area contributed by atoms with E-state index in [1.54, 1.807) is 49.4 Å². The molecule has 2 amide bonds. The van der Waals surface area contributed by atoms with E-state index in [4.69, 9.17) is 32.7 Å². The minimum absolute atomic E-state index is 0.00692. The molecule has 1 saturated carbocycles. The summed E-state index contributed by atoms with van der Waals surface area (Å²) in [4.78, 5) is 33.3. The highest BCUT2D eigenvalue weighted by Crippen LogP contribution is 2.52. The van der Waals surface area contributed by atoms with Crippen molar-refractivity contribution in [3.8, 4) is 0 Å². The summed E-state index contributed by atoms with van der Waals surface area (Å²) in [7, 11) is -2.26. The number of aromatic nitrogens is 1. The lowest BCUT2D eigenvalue weighted by Crippen LogP contribution is -2.59. The summed E-state index contributed by atoms with van der Waals surface area (Å²) in [5.41, 5.74) is -1.02. The number of nitrogens with zero attached hydrogens (tertiary/aromatic N) is 3. The lowest BCUT2D eigenvalue weighted by Gasteiger charge is -2.44. The van der Waals surface area contributed by atoms with Crippen molar-refractivity contribution in [2.75, 3.05) is 13.2 Å². The molecule has 2 aromatic carbocycles. The van der Waals surface area contributed by atoms with Crippen LogP contribution in [0.1, 0.15) is 46.9 Å². The Morgan fingerprint density at radius 3 is 2.36 bits per heavy atom. The van der Waals surface area contributed by atoms with E-state index in [0.717, 1.165) is 0 Å². The molecular formula is C30H31BrCl2FN3O4Si. The zero-order chi connectivity index (χ0) is 30.4.